The van der Waals surface area contributed by atoms with Gasteiger partial charge in [0.2, 0.25) is 0 Å². The van der Waals surface area contributed by atoms with Crippen molar-refractivity contribution in [2.75, 3.05) is 0 Å². The number of benzene rings is 2. The van der Waals surface area contributed by atoms with Gasteiger partial charge in [-0.2, -0.15) is 0 Å². The fraction of sp³-hybridized carbons (Fsp3) is 0.520. The smallest absolute Gasteiger partial charge is 0.403 e. The molecular formula is C25H28F6O. The van der Waals surface area contributed by atoms with Gasteiger partial charge in [0.05, 0.1) is 0 Å². The maximum atomic E-state index is 14.7. The van der Waals surface area contributed by atoms with Crippen LogP contribution in [0.25, 0.3) is 0 Å². The second-order valence-corrected chi connectivity index (χ2v) is 8.67. The summed E-state index contributed by atoms with van der Waals surface area (Å²) in [6.45, 7) is 2.18. The van der Waals surface area contributed by atoms with Crippen LogP contribution in [-0.2, 0) is 6.42 Å². The third-order valence-electron chi connectivity index (χ3n) is 6.30. The third-order valence-corrected chi connectivity index (χ3v) is 6.30. The molecule has 1 aliphatic rings. The summed E-state index contributed by atoms with van der Waals surface area (Å²) >= 11 is 0. The molecule has 0 atom stereocenters. The molecule has 7 heteroatoms. The molecule has 32 heavy (non-hydrogen) atoms. The molecule has 2 aromatic rings. The molecule has 1 aliphatic carbocycles. The van der Waals surface area contributed by atoms with Crippen LogP contribution in [0, 0.1) is 23.4 Å². The van der Waals surface area contributed by atoms with E-state index in [1.165, 1.54) is 37.8 Å². The lowest BCUT2D eigenvalue weighted by atomic mass is 9.77. The summed E-state index contributed by atoms with van der Waals surface area (Å²) in [5.74, 6) is -2.87. The highest BCUT2D eigenvalue weighted by Crippen LogP contribution is 2.39. The van der Waals surface area contributed by atoms with E-state index < -0.39 is 29.6 Å². The van der Waals surface area contributed by atoms with Gasteiger partial charge in [-0.05, 0) is 72.9 Å². The van der Waals surface area contributed by atoms with E-state index in [0.29, 0.717) is 11.5 Å². The Kier molecular flexibility index (Phi) is 8.12. The van der Waals surface area contributed by atoms with E-state index >= 15 is 0 Å². The zero-order chi connectivity index (χ0) is 23.3. The Hall–Kier alpha value is -2.18. The van der Waals surface area contributed by atoms with Crippen LogP contribution in [0.4, 0.5) is 26.3 Å². The second-order valence-electron chi connectivity index (χ2n) is 8.67. The number of unbranched alkanes of at least 4 members (excludes halogenated alkanes) is 2. The Labute approximate surface area is 184 Å². The zero-order valence-corrected chi connectivity index (χ0v) is 18.1. The normalized spacial score (nSPS) is 19.2. The SMILES string of the molecule is CCCCCC1CCC(c2cc(F)c(Cc3ccc(OC(F)(F)F)c(F)c3)c(F)c2)CC1. The van der Waals surface area contributed by atoms with Gasteiger partial charge >= 0.3 is 6.36 Å². The molecule has 1 saturated carbocycles. The number of rotatable bonds is 8. The molecule has 3 rings (SSSR count). The van der Waals surface area contributed by atoms with Crippen molar-refractivity contribution < 1.29 is 31.1 Å². The Morgan fingerprint density at radius 3 is 2.09 bits per heavy atom. The Morgan fingerprint density at radius 2 is 1.53 bits per heavy atom. The van der Waals surface area contributed by atoms with Crippen molar-refractivity contribution in [1.82, 2.24) is 0 Å². The van der Waals surface area contributed by atoms with Crippen LogP contribution in [0.1, 0.15) is 80.9 Å². The topological polar surface area (TPSA) is 9.23 Å². The van der Waals surface area contributed by atoms with Crippen LogP contribution in [0.5, 0.6) is 5.75 Å². The highest BCUT2D eigenvalue weighted by atomic mass is 19.4. The molecule has 2 aromatic carbocycles. The van der Waals surface area contributed by atoms with Crippen LogP contribution in [0.15, 0.2) is 30.3 Å². The molecule has 0 spiro atoms. The van der Waals surface area contributed by atoms with Crippen LogP contribution in [0.3, 0.4) is 0 Å². The molecule has 0 amide bonds. The molecule has 0 aromatic heterocycles. The van der Waals surface area contributed by atoms with Crippen molar-refractivity contribution >= 4 is 0 Å². The Morgan fingerprint density at radius 1 is 0.875 bits per heavy atom. The number of hydrogen-bond donors (Lipinski definition) is 0. The van der Waals surface area contributed by atoms with Gasteiger partial charge in [-0.1, -0.05) is 38.7 Å². The van der Waals surface area contributed by atoms with Crippen LogP contribution < -0.4 is 4.74 Å². The third kappa shape index (κ3) is 6.66. The quantitative estimate of drug-likeness (QED) is 0.285. The van der Waals surface area contributed by atoms with Gasteiger partial charge in [-0.25, -0.2) is 13.2 Å². The van der Waals surface area contributed by atoms with Crippen molar-refractivity contribution in [3.05, 3.63) is 64.5 Å². The first-order valence-electron chi connectivity index (χ1n) is 11.2. The van der Waals surface area contributed by atoms with Crippen LogP contribution in [-0.4, -0.2) is 6.36 Å². The standard InChI is InChI=1S/C25H28F6O/c1-2-3-4-5-16-6-9-18(10-7-16)19-14-21(26)20(22(27)15-19)12-17-8-11-24(23(28)13-17)32-25(29,30)31/h8,11,13-16,18H,2-7,9-10,12H2,1H3. The van der Waals surface area contributed by atoms with Gasteiger partial charge < -0.3 is 4.74 Å². The summed E-state index contributed by atoms with van der Waals surface area (Å²) < 4.78 is 83.8. The number of ether oxygens (including phenoxy) is 1. The molecule has 0 saturated heterocycles. The summed E-state index contributed by atoms with van der Waals surface area (Å²) in [5, 5.41) is 0. The average molecular weight is 458 g/mol. The highest BCUT2D eigenvalue weighted by Gasteiger charge is 2.32. The lowest BCUT2D eigenvalue weighted by Crippen LogP contribution is -2.18. The molecule has 0 N–H and O–H groups in total. The fourth-order valence-electron chi connectivity index (χ4n) is 4.56. The van der Waals surface area contributed by atoms with E-state index in [-0.39, 0.29) is 23.5 Å². The van der Waals surface area contributed by atoms with E-state index in [2.05, 4.69) is 11.7 Å². The molecule has 1 nitrogen and oxygen atoms in total. The lowest BCUT2D eigenvalue weighted by Gasteiger charge is -2.29. The minimum absolute atomic E-state index is 0.117. The summed E-state index contributed by atoms with van der Waals surface area (Å²) in [4.78, 5) is 0. The Bertz CT molecular complexity index is 877. The molecule has 0 heterocycles. The molecule has 0 bridgehead atoms. The van der Waals surface area contributed by atoms with Crippen LogP contribution in [0.2, 0.25) is 0 Å². The van der Waals surface area contributed by atoms with Gasteiger partial charge in [0.15, 0.2) is 11.6 Å². The van der Waals surface area contributed by atoms with Gasteiger partial charge in [-0.3, -0.25) is 0 Å². The van der Waals surface area contributed by atoms with E-state index in [4.69, 9.17) is 0 Å². The van der Waals surface area contributed by atoms with Crippen molar-refractivity contribution in [2.24, 2.45) is 5.92 Å². The molecule has 0 radical (unpaired) electrons. The number of alkyl halides is 3. The zero-order valence-electron chi connectivity index (χ0n) is 18.1. The monoisotopic (exact) mass is 458 g/mol. The fourth-order valence-corrected chi connectivity index (χ4v) is 4.56. The predicted molar refractivity (Wildman–Crippen MR) is 111 cm³/mol. The molecule has 176 valence electrons. The summed E-state index contributed by atoms with van der Waals surface area (Å²) in [6, 6.07) is 5.46. The van der Waals surface area contributed by atoms with Gasteiger partial charge in [0, 0.05) is 12.0 Å². The average Bonchev–Trinajstić information content (AvgIpc) is 2.72. The number of halogens is 6. The van der Waals surface area contributed by atoms with Gasteiger partial charge in [-0.15, -0.1) is 13.2 Å². The maximum Gasteiger partial charge on any atom is 0.573 e. The van der Waals surface area contributed by atoms with Crippen molar-refractivity contribution in [3.63, 3.8) is 0 Å². The Balaban J connectivity index is 1.66. The van der Waals surface area contributed by atoms with E-state index in [1.807, 2.05) is 0 Å². The van der Waals surface area contributed by atoms with Crippen molar-refractivity contribution in [1.29, 1.82) is 0 Å². The number of hydrogen-bond acceptors (Lipinski definition) is 1. The minimum Gasteiger partial charge on any atom is -0.403 e. The van der Waals surface area contributed by atoms with E-state index in [1.54, 1.807) is 0 Å². The first kappa shape index (κ1) is 24.5. The summed E-state index contributed by atoms with van der Waals surface area (Å²) in [7, 11) is 0. The van der Waals surface area contributed by atoms with E-state index in [9.17, 15) is 26.3 Å². The molecule has 1 fully saturated rings. The van der Waals surface area contributed by atoms with Crippen molar-refractivity contribution in [3.8, 4) is 5.75 Å². The predicted octanol–water partition coefficient (Wildman–Crippen LogP) is 8.45. The van der Waals surface area contributed by atoms with E-state index in [0.717, 1.165) is 43.9 Å². The lowest BCUT2D eigenvalue weighted by molar-refractivity contribution is -0.275. The summed E-state index contributed by atoms with van der Waals surface area (Å²) in [5.41, 5.74) is 0.553. The molecule has 0 aliphatic heterocycles. The van der Waals surface area contributed by atoms with Crippen LogP contribution >= 0.6 is 0 Å². The van der Waals surface area contributed by atoms with Crippen molar-refractivity contribution in [2.45, 2.75) is 77.0 Å². The molecular weight excluding hydrogens is 430 g/mol. The minimum atomic E-state index is -5.02. The van der Waals surface area contributed by atoms with Gasteiger partial charge in [0.1, 0.15) is 11.6 Å². The largest absolute Gasteiger partial charge is 0.573 e. The molecule has 0 unspecified atom stereocenters. The summed E-state index contributed by atoms with van der Waals surface area (Å²) in [6.07, 6.45) is 3.51. The highest BCUT2D eigenvalue weighted by molar-refractivity contribution is 5.36. The second kappa shape index (κ2) is 10.6. The first-order valence-corrected chi connectivity index (χ1v) is 11.2. The maximum absolute atomic E-state index is 14.7. The van der Waals surface area contributed by atoms with Gasteiger partial charge in [0.25, 0.3) is 0 Å². The first-order chi connectivity index (χ1) is 15.2.